The monoisotopic (exact) mass is 335 g/mol. The van der Waals surface area contributed by atoms with Crippen LogP contribution in [0, 0.1) is 5.82 Å². The topological polar surface area (TPSA) is 35.2 Å². The van der Waals surface area contributed by atoms with Gasteiger partial charge in [0.1, 0.15) is 18.2 Å². The van der Waals surface area contributed by atoms with Crippen LogP contribution in [0.5, 0.6) is 5.75 Å². The molecule has 0 aromatic heterocycles. The first-order valence-electron chi connectivity index (χ1n) is 6.18. The highest BCUT2D eigenvalue weighted by Crippen LogP contribution is 2.32. The van der Waals surface area contributed by atoms with E-state index in [1.165, 1.54) is 6.07 Å². The Morgan fingerprint density at radius 3 is 2.27 bits per heavy atom. The van der Waals surface area contributed by atoms with E-state index >= 15 is 0 Å². The van der Waals surface area contributed by atoms with Crippen LogP contribution < -0.4 is 10.5 Å². The van der Waals surface area contributed by atoms with Crippen molar-refractivity contribution in [3.05, 3.63) is 65.5 Å². The van der Waals surface area contributed by atoms with Crippen molar-refractivity contribution in [1.29, 1.82) is 0 Å². The molecule has 1 unspecified atom stereocenters. The smallest absolute Gasteiger partial charge is 0.419 e. The molecule has 0 aliphatic heterocycles. The van der Waals surface area contributed by atoms with Crippen LogP contribution in [0.15, 0.2) is 48.5 Å². The molecule has 2 N–H and O–H groups in total. The van der Waals surface area contributed by atoms with Gasteiger partial charge in [-0.3, -0.25) is 0 Å². The first-order chi connectivity index (χ1) is 9.88. The third kappa shape index (κ3) is 4.61. The van der Waals surface area contributed by atoms with E-state index in [2.05, 4.69) is 0 Å². The van der Waals surface area contributed by atoms with Crippen LogP contribution in [0.1, 0.15) is 17.2 Å². The molecule has 0 aliphatic rings. The number of halogens is 5. The second kappa shape index (κ2) is 7.47. The molecule has 2 rings (SSSR count). The van der Waals surface area contributed by atoms with Crippen LogP contribution in [-0.4, -0.2) is 6.61 Å². The highest BCUT2D eigenvalue weighted by Gasteiger charge is 2.34. The predicted octanol–water partition coefficient (Wildman–Crippen LogP) is 4.35. The minimum atomic E-state index is -4.75. The molecule has 0 saturated heterocycles. The van der Waals surface area contributed by atoms with Crippen molar-refractivity contribution in [2.75, 3.05) is 6.61 Å². The summed E-state index contributed by atoms with van der Waals surface area (Å²) in [5.41, 5.74) is 4.63. The van der Waals surface area contributed by atoms with Crippen LogP contribution >= 0.6 is 12.4 Å². The Balaban J connectivity index is 0.00000242. The van der Waals surface area contributed by atoms with E-state index in [-0.39, 0.29) is 24.6 Å². The molecule has 0 saturated carbocycles. The number of para-hydroxylation sites is 1. The van der Waals surface area contributed by atoms with Gasteiger partial charge in [0.15, 0.2) is 0 Å². The molecular formula is C15H14ClF4NO. The summed E-state index contributed by atoms with van der Waals surface area (Å²) in [5, 5.41) is 0. The van der Waals surface area contributed by atoms with Crippen LogP contribution in [0.3, 0.4) is 0 Å². The van der Waals surface area contributed by atoms with Gasteiger partial charge in [0.25, 0.3) is 0 Å². The van der Waals surface area contributed by atoms with Gasteiger partial charge in [0, 0.05) is 0 Å². The molecule has 2 aromatic carbocycles. The summed E-state index contributed by atoms with van der Waals surface area (Å²) in [5.74, 6) is -0.756. The van der Waals surface area contributed by atoms with Gasteiger partial charge in [-0.05, 0) is 29.8 Å². The average molecular weight is 336 g/mol. The summed E-state index contributed by atoms with van der Waals surface area (Å²) in [6, 6.07) is 10.7. The van der Waals surface area contributed by atoms with Crippen molar-refractivity contribution in [3.8, 4) is 5.75 Å². The number of hydrogen-bond acceptors (Lipinski definition) is 2. The van der Waals surface area contributed by atoms with Gasteiger partial charge in [-0.25, -0.2) is 4.39 Å². The Labute approximate surface area is 131 Å². The van der Waals surface area contributed by atoms with E-state index < -0.39 is 23.6 Å². The maximum Gasteiger partial charge on any atom is 0.419 e. The fourth-order valence-electron chi connectivity index (χ4n) is 1.79. The molecule has 1 atom stereocenters. The lowest BCUT2D eigenvalue weighted by Crippen LogP contribution is -2.20. The molecule has 2 nitrogen and oxygen atoms in total. The number of alkyl halides is 3. The Bertz CT molecular complexity index is 604. The summed E-state index contributed by atoms with van der Waals surface area (Å²) < 4.78 is 56.5. The maximum atomic E-state index is 13.2. The first kappa shape index (κ1) is 18.3. The van der Waals surface area contributed by atoms with E-state index in [9.17, 15) is 17.6 Å². The van der Waals surface area contributed by atoms with E-state index in [1.807, 2.05) is 6.07 Å². The molecule has 7 heteroatoms. The van der Waals surface area contributed by atoms with Gasteiger partial charge in [-0.15, -0.1) is 12.4 Å². The number of ether oxygens (including phenoxy) is 1. The molecule has 22 heavy (non-hydrogen) atoms. The highest BCUT2D eigenvalue weighted by atomic mass is 35.5. The Morgan fingerprint density at radius 2 is 1.68 bits per heavy atom. The van der Waals surface area contributed by atoms with E-state index in [4.69, 9.17) is 10.5 Å². The van der Waals surface area contributed by atoms with Crippen LogP contribution in [-0.2, 0) is 6.18 Å². The third-order valence-corrected chi connectivity index (χ3v) is 2.90. The molecule has 0 bridgehead atoms. The summed E-state index contributed by atoms with van der Waals surface area (Å²) in [4.78, 5) is 0. The summed E-state index contributed by atoms with van der Waals surface area (Å²) in [6.07, 6.45) is -4.75. The van der Waals surface area contributed by atoms with E-state index in [1.54, 1.807) is 24.3 Å². The standard InChI is InChI=1S/C15H13F4NO.ClH/c16-13-7-6-10(8-12(13)15(17,18)19)14(20)9-21-11-4-2-1-3-5-11;/h1-8,14H,9,20H2;1H. The number of nitrogens with two attached hydrogens (primary N) is 1. The largest absolute Gasteiger partial charge is 0.492 e. The summed E-state index contributed by atoms with van der Waals surface area (Å²) in [6.45, 7) is -0.00700. The minimum absolute atomic E-state index is 0. The van der Waals surface area contributed by atoms with Crippen molar-refractivity contribution in [2.24, 2.45) is 5.73 Å². The van der Waals surface area contributed by atoms with Crippen molar-refractivity contribution in [2.45, 2.75) is 12.2 Å². The van der Waals surface area contributed by atoms with Gasteiger partial charge in [0.2, 0.25) is 0 Å². The zero-order valence-corrected chi connectivity index (χ0v) is 12.1. The van der Waals surface area contributed by atoms with Crippen molar-refractivity contribution in [3.63, 3.8) is 0 Å². The molecular weight excluding hydrogens is 322 g/mol. The normalized spacial score (nSPS) is 12.4. The molecule has 0 fully saturated rings. The van der Waals surface area contributed by atoms with Crippen molar-refractivity contribution >= 4 is 12.4 Å². The van der Waals surface area contributed by atoms with Crippen LogP contribution in [0.25, 0.3) is 0 Å². The number of rotatable bonds is 4. The maximum absolute atomic E-state index is 13.2. The second-order valence-corrected chi connectivity index (χ2v) is 4.47. The molecule has 0 radical (unpaired) electrons. The average Bonchev–Trinajstić information content (AvgIpc) is 2.45. The van der Waals surface area contributed by atoms with Gasteiger partial charge >= 0.3 is 6.18 Å². The lowest BCUT2D eigenvalue weighted by molar-refractivity contribution is -0.140. The zero-order valence-electron chi connectivity index (χ0n) is 11.3. The van der Waals surface area contributed by atoms with Crippen molar-refractivity contribution < 1.29 is 22.3 Å². The van der Waals surface area contributed by atoms with Gasteiger partial charge < -0.3 is 10.5 Å². The fraction of sp³-hybridized carbons (Fsp3) is 0.200. The number of benzene rings is 2. The highest BCUT2D eigenvalue weighted by molar-refractivity contribution is 5.85. The Kier molecular flexibility index (Phi) is 6.20. The molecule has 0 amide bonds. The minimum Gasteiger partial charge on any atom is -0.492 e. The SMILES string of the molecule is Cl.NC(COc1ccccc1)c1ccc(F)c(C(F)(F)F)c1. The lowest BCUT2D eigenvalue weighted by Gasteiger charge is -2.16. The molecule has 0 heterocycles. The second-order valence-electron chi connectivity index (χ2n) is 4.47. The van der Waals surface area contributed by atoms with E-state index in [0.29, 0.717) is 11.8 Å². The van der Waals surface area contributed by atoms with Gasteiger partial charge in [-0.1, -0.05) is 24.3 Å². The molecule has 0 aliphatic carbocycles. The first-order valence-corrected chi connectivity index (χ1v) is 6.18. The Hall–Kier alpha value is -1.79. The lowest BCUT2D eigenvalue weighted by atomic mass is 10.0. The molecule has 2 aromatic rings. The fourth-order valence-corrected chi connectivity index (χ4v) is 1.79. The molecule has 0 spiro atoms. The van der Waals surface area contributed by atoms with Crippen molar-refractivity contribution in [1.82, 2.24) is 0 Å². The molecule has 120 valence electrons. The summed E-state index contributed by atoms with van der Waals surface area (Å²) in [7, 11) is 0. The third-order valence-electron chi connectivity index (χ3n) is 2.90. The Morgan fingerprint density at radius 1 is 1.05 bits per heavy atom. The summed E-state index contributed by atoms with van der Waals surface area (Å²) >= 11 is 0. The van der Waals surface area contributed by atoms with Crippen LogP contribution in [0.4, 0.5) is 17.6 Å². The quantitative estimate of drug-likeness (QED) is 0.843. The van der Waals surface area contributed by atoms with Gasteiger partial charge in [-0.2, -0.15) is 13.2 Å². The van der Waals surface area contributed by atoms with Crippen LogP contribution in [0.2, 0.25) is 0 Å². The zero-order chi connectivity index (χ0) is 15.5. The van der Waals surface area contributed by atoms with E-state index in [0.717, 1.165) is 6.07 Å². The predicted molar refractivity (Wildman–Crippen MR) is 77.5 cm³/mol. The number of hydrogen-bond donors (Lipinski definition) is 1. The van der Waals surface area contributed by atoms with Gasteiger partial charge in [0.05, 0.1) is 11.6 Å².